The summed E-state index contributed by atoms with van der Waals surface area (Å²) in [7, 11) is 1.42. The number of rotatable bonds is 2. The summed E-state index contributed by atoms with van der Waals surface area (Å²) in [4.78, 5) is 16.2. The third-order valence-electron chi connectivity index (χ3n) is 4.33. The minimum Gasteiger partial charge on any atom is -0.378 e. The summed E-state index contributed by atoms with van der Waals surface area (Å²) >= 11 is 0. The van der Waals surface area contributed by atoms with E-state index in [0.717, 1.165) is 17.8 Å². The van der Waals surface area contributed by atoms with Gasteiger partial charge in [-0.2, -0.15) is 18.3 Å². The predicted octanol–water partition coefficient (Wildman–Crippen LogP) is 0.665. The molecule has 3 heterocycles. The maximum atomic E-state index is 12.9. The topological polar surface area (TPSA) is 62.6 Å². The van der Waals surface area contributed by atoms with Gasteiger partial charge in [-0.25, -0.2) is 4.79 Å². The number of aromatic nitrogens is 2. The summed E-state index contributed by atoms with van der Waals surface area (Å²) in [5.41, 5.74) is -1.01. The molecule has 2 aliphatic heterocycles. The lowest BCUT2D eigenvalue weighted by atomic mass is 10.1. The Kier molecular flexibility index (Phi) is 4.68. The number of alkyl halides is 3. The Balaban J connectivity index is 1.58. The van der Waals surface area contributed by atoms with Gasteiger partial charge in [0.25, 0.3) is 0 Å². The molecule has 0 radical (unpaired) electrons. The SMILES string of the molecule is Cn1cc(CNC(=O)N2CCN3CCOCC3C2)c(C(F)(F)F)n1. The highest BCUT2D eigenvalue weighted by Crippen LogP contribution is 2.30. The number of amides is 2. The number of piperazine rings is 1. The fourth-order valence-electron chi connectivity index (χ4n) is 3.12. The maximum absolute atomic E-state index is 12.9. The van der Waals surface area contributed by atoms with Crippen LogP contribution in [0.15, 0.2) is 6.20 Å². The molecule has 0 spiro atoms. The van der Waals surface area contributed by atoms with Crippen molar-refractivity contribution >= 4 is 6.03 Å². The quantitative estimate of drug-likeness (QED) is 0.854. The maximum Gasteiger partial charge on any atom is 0.435 e. The van der Waals surface area contributed by atoms with Crippen LogP contribution in [-0.2, 0) is 24.5 Å². The van der Waals surface area contributed by atoms with Crippen LogP contribution in [0, 0.1) is 0 Å². The van der Waals surface area contributed by atoms with Gasteiger partial charge in [-0.3, -0.25) is 9.58 Å². The molecule has 7 nitrogen and oxygen atoms in total. The molecule has 1 unspecified atom stereocenters. The van der Waals surface area contributed by atoms with Crippen LogP contribution in [0.2, 0.25) is 0 Å². The summed E-state index contributed by atoms with van der Waals surface area (Å²) in [6, 6.07) is -0.209. The molecule has 2 saturated heterocycles. The van der Waals surface area contributed by atoms with Gasteiger partial charge in [-0.05, 0) is 0 Å². The summed E-state index contributed by atoms with van der Waals surface area (Å²) < 4.78 is 45.2. The highest BCUT2D eigenvalue weighted by atomic mass is 19.4. The first kappa shape index (κ1) is 17.0. The van der Waals surface area contributed by atoms with Crippen LogP contribution in [0.25, 0.3) is 0 Å². The van der Waals surface area contributed by atoms with Crippen molar-refractivity contribution in [3.8, 4) is 0 Å². The van der Waals surface area contributed by atoms with Crippen molar-refractivity contribution in [2.75, 3.05) is 39.4 Å². The second-order valence-electron chi connectivity index (χ2n) is 6.04. The number of halogens is 3. The van der Waals surface area contributed by atoms with Crippen molar-refractivity contribution in [2.45, 2.75) is 18.8 Å². The zero-order valence-corrected chi connectivity index (χ0v) is 13.3. The lowest BCUT2D eigenvalue weighted by Gasteiger charge is -2.43. The van der Waals surface area contributed by atoms with Crippen molar-refractivity contribution in [2.24, 2.45) is 7.05 Å². The van der Waals surface area contributed by atoms with Crippen LogP contribution >= 0.6 is 0 Å². The minimum atomic E-state index is -4.54. The Bertz CT molecular complexity index is 604. The van der Waals surface area contributed by atoms with E-state index >= 15 is 0 Å². The first-order valence-electron chi connectivity index (χ1n) is 7.79. The van der Waals surface area contributed by atoms with E-state index in [1.807, 2.05) is 0 Å². The highest BCUT2D eigenvalue weighted by molar-refractivity contribution is 5.74. The molecular weight excluding hydrogens is 327 g/mol. The highest BCUT2D eigenvalue weighted by Gasteiger charge is 2.37. The minimum absolute atomic E-state index is 0.0435. The number of carbonyl (C=O) groups is 1. The Morgan fingerprint density at radius 1 is 1.42 bits per heavy atom. The lowest BCUT2D eigenvalue weighted by Crippen LogP contribution is -2.60. The summed E-state index contributed by atoms with van der Waals surface area (Å²) in [6.07, 6.45) is -3.26. The predicted molar refractivity (Wildman–Crippen MR) is 78.2 cm³/mol. The third kappa shape index (κ3) is 3.64. The van der Waals surface area contributed by atoms with Crippen molar-refractivity contribution in [3.05, 3.63) is 17.5 Å². The first-order chi connectivity index (χ1) is 11.3. The van der Waals surface area contributed by atoms with E-state index in [-0.39, 0.29) is 24.2 Å². The third-order valence-corrected chi connectivity index (χ3v) is 4.33. The van der Waals surface area contributed by atoms with E-state index in [4.69, 9.17) is 4.74 Å². The zero-order chi connectivity index (χ0) is 17.3. The number of fused-ring (bicyclic) bond motifs is 1. The van der Waals surface area contributed by atoms with Gasteiger partial charge in [0, 0.05) is 51.5 Å². The number of morpholine rings is 1. The molecule has 0 aliphatic carbocycles. The lowest BCUT2D eigenvalue weighted by molar-refractivity contribution is -0.142. The molecule has 1 atom stereocenters. The van der Waals surface area contributed by atoms with Gasteiger partial charge < -0.3 is 15.0 Å². The number of hydrogen-bond acceptors (Lipinski definition) is 4. The fraction of sp³-hybridized carbons (Fsp3) is 0.714. The fourth-order valence-corrected chi connectivity index (χ4v) is 3.12. The van der Waals surface area contributed by atoms with E-state index in [2.05, 4.69) is 15.3 Å². The van der Waals surface area contributed by atoms with Gasteiger partial charge in [-0.1, -0.05) is 0 Å². The molecular formula is C14H20F3N5O2. The van der Waals surface area contributed by atoms with Gasteiger partial charge in [0.05, 0.1) is 19.3 Å². The molecule has 10 heteroatoms. The molecule has 1 aromatic rings. The van der Waals surface area contributed by atoms with Gasteiger partial charge in [0.1, 0.15) is 0 Å². The molecule has 0 saturated carbocycles. The Morgan fingerprint density at radius 2 is 2.21 bits per heavy atom. The largest absolute Gasteiger partial charge is 0.435 e. The number of hydrogen-bond donors (Lipinski definition) is 1. The van der Waals surface area contributed by atoms with Crippen LogP contribution in [0.5, 0.6) is 0 Å². The number of nitrogens with zero attached hydrogens (tertiary/aromatic N) is 4. The van der Waals surface area contributed by atoms with Gasteiger partial charge >= 0.3 is 12.2 Å². The number of ether oxygens (including phenoxy) is 1. The van der Waals surface area contributed by atoms with Gasteiger partial charge in [0.2, 0.25) is 0 Å². The number of aryl methyl sites for hydroxylation is 1. The molecule has 134 valence electrons. The van der Waals surface area contributed by atoms with Gasteiger partial charge in [-0.15, -0.1) is 0 Å². The van der Waals surface area contributed by atoms with Crippen LogP contribution in [0.3, 0.4) is 0 Å². The van der Waals surface area contributed by atoms with E-state index in [9.17, 15) is 18.0 Å². The average molecular weight is 347 g/mol. The number of carbonyl (C=O) groups excluding carboxylic acids is 1. The first-order valence-corrected chi connectivity index (χ1v) is 7.79. The summed E-state index contributed by atoms with van der Waals surface area (Å²) in [6.45, 7) is 3.75. The van der Waals surface area contributed by atoms with E-state index < -0.39 is 11.9 Å². The Labute approximate surface area is 137 Å². The second kappa shape index (κ2) is 6.60. The molecule has 2 fully saturated rings. The van der Waals surface area contributed by atoms with Gasteiger partial charge in [0.15, 0.2) is 5.69 Å². The van der Waals surface area contributed by atoms with Crippen molar-refractivity contribution < 1.29 is 22.7 Å². The molecule has 3 rings (SSSR count). The molecule has 1 N–H and O–H groups in total. The van der Waals surface area contributed by atoms with Crippen LogP contribution in [-0.4, -0.2) is 71.0 Å². The standard InChI is InChI=1S/C14H20F3N5O2/c1-20-7-10(12(19-20)14(15,16)17)6-18-13(23)22-3-2-21-4-5-24-9-11(21)8-22/h7,11H,2-6,8-9H2,1H3,(H,18,23). The number of nitrogens with one attached hydrogen (secondary N) is 1. The van der Waals surface area contributed by atoms with Crippen molar-refractivity contribution in [1.29, 1.82) is 0 Å². The normalized spacial score (nSPS) is 22.3. The second-order valence-corrected chi connectivity index (χ2v) is 6.04. The summed E-state index contributed by atoms with van der Waals surface area (Å²) in [5, 5.41) is 5.99. The Hall–Kier alpha value is -1.81. The number of urea groups is 1. The van der Waals surface area contributed by atoms with Crippen LogP contribution < -0.4 is 5.32 Å². The van der Waals surface area contributed by atoms with Crippen LogP contribution in [0.4, 0.5) is 18.0 Å². The average Bonchev–Trinajstić information content (AvgIpc) is 2.93. The van der Waals surface area contributed by atoms with E-state index in [1.165, 1.54) is 13.2 Å². The molecule has 1 aromatic heterocycles. The molecule has 2 amide bonds. The molecule has 0 bridgehead atoms. The van der Waals surface area contributed by atoms with E-state index in [1.54, 1.807) is 4.90 Å². The van der Waals surface area contributed by atoms with Crippen LogP contribution in [0.1, 0.15) is 11.3 Å². The molecule has 24 heavy (non-hydrogen) atoms. The zero-order valence-electron chi connectivity index (χ0n) is 13.3. The van der Waals surface area contributed by atoms with E-state index in [0.29, 0.717) is 26.3 Å². The smallest absolute Gasteiger partial charge is 0.378 e. The summed E-state index contributed by atoms with van der Waals surface area (Å²) in [5.74, 6) is 0. The molecule has 0 aromatic carbocycles. The van der Waals surface area contributed by atoms with Crippen molar-refractivity contribution in [1.82, 2.24) is 24.9 Å². The molecule has 2 aliphatic rings. The Morgan fingerprint density at radius 3 is 2.96 bits per heavy atom. The van der Waals surface area contributed by atoms with Crippen molar-refractivity contribution in [3.63, 3.8) is 0 Å². The monoisotopic (exact) mass is 347 g/mol.